The minimum absolute atomic E-state index is 0.0317. The third-order valence-corrected chi connectivity index (χ3v) is 6.33. The third-order valence-electron chi connectivity index (χ3n) is 6.33. The van der Waals surface area contributed by atoms with Gasteiger partial charge in [0.1, 0.15) is 0 Å². The molecule has 0 bridgehead atoms. The van der Waals surface area contributed by atoms with Gasteiger partial charge < -0.3 is 16.4 Å². The lowest BCUT2D eigenvalue weighted by Gasteiger charge is -2.43. The highest BCUT2D eigenvalue weighted by Crippen LogP contribution is 2.37. The molecule has 0 aromatic heterocycles. The predicted octanol–water partition coefficient (Wildman–Crippen LogP) is 3.21. The average Bonchev–Trinajstić information content (AvgIpc) is 2.82. The maximum atomic E-state index is 13.4. The van der Waals surface area contributed by atoms with Crippen LogP contribution in [-0.4, -0.2) is 59.2 Å². The number of amides is 3. The largest absolute Gasteiger partial charge is 0.416 e. The molecule has 0 saturated carbocycles. The Hall–Kier alpha value is -3.61. The highest BCUT2D eigenvalue weighted by atomic mass is 19.4. The number of primary amides is 2. The van der Waals surface area contributed by atoms with Crippen molar-refractivity contribution in [1.82, 2.24) is 9.80 Å². The number of halogens is 6. The van der Waals surface area contributed by atoms with E-state index in [1.54, 1.807) is 30.3 Å². The monoisotopic (exact) mass is 544 g/mol. The van der Waals surface area contributed by atoms with Crippen molar-refractivity contribution in [3.63, 3.8) is 0 Å². The van der Waals surface area contributed by atoms with Crippen LogP contribution in [0.4, 0.5) is 26.3 Å². The summed E-state index contributed by atoms with van der Waals surface area (Å²) in [6.07, 6.45) is -9.61. The molecular weight excluding hydrogens is 518 g/mol. The van der Waals surface area contributed by atoms with Crippen LogP contribution in [0.3, 0.4) is 0 Å². The van der Waals surface area contributed by atoms with Gasteiger partial charge in [-0.25, -0.2) is 0 Å². The van der Waals surface area contributed by atoms with E-state index in [1.165, 1.54) is 9.80 Å². The van der Waals surface area contributed by atoms with Crippen LogP contribution in [0, 0.1) is 0 Å². The van der Waals surface area contributed by atoms with E-state index >= 15 is 0 Å². The summed E-state index contributed by atoms with van der Waals surface area (Å²) in [5.41, 5.74) is 7.47. The second-order valence-corrected chi connectivity index (χ2v) is 9.15. The van der Waals surface area contributed by atoms with Crippen molar-refractivity contribution in [2.45, 2.75) is 43.7 Å². The van der Waals surface area contributed by atoms with Gasteiger partial charge in [-0.2, -0.15) is 26.3 Å². The number of carbonyl (C=O) groups excluding carboxylic acids is 3. The average molecular weight is 544 g/mol. The van der Waals surface area contributed by atoms with E-state index in [2.05, 4.69) is 0 Å². The molecule has 1 saturated heterocycles. The maximum Gasteiger partial charge on any atom is 0.416 e. The van der Waals surface area contributed by atoms with Crippen LogP contribution in [-0.2, 0) is 28.4 Å². The lowest BCUT2D eigenvalue weighted by Crippen LogP contribution is -2.55. The summed E-state index contributed by atoms with van der Waals surface area (Å²) in [4.78, 5) is 39.3. The van der Waals surface area contributed by atoms with Crippen LogP contribution in [0.1, 0.15) is 39.9 Å². The number of benzene rings is 2. The molecule has 0 spiro atoms. The molecule has 1 fully saturated rings. The Labute approximate surface area is 214 Å². The zero-order valence-electron chi connectivity index (χ0n) is 20.1. The number of carbonyl (C=O) groups is 3. The molecule has 1 aliphatic rings. The molecule has 0 aliphatic carbocycles. The van der Waals surface area contributed by atoms with E-state index in [4.69, 9.17) is 11.5 Å². The number of hydrogen-bond donors (Lipinski definition) is 2. The summed E-state index contributed by atoms with van der Waals surface area (Å²) in [6.45, 7) is -0.628. The molecule has 0 unspecified atom stereocenters. The fraction of sp³-hybridized carbons (Fsp3) is 0.400. The van der Waals surface area contributed by atoms with Gasteiger partial charge in [0.2, 0.25) is 11.8 Å². The second kappa shape index (κ2) is 11.4. The van der Waals surface area contributed by atoms with Crippen LogP contribution < -0.4 is 11.5 Å². The van der Waals surface area contributed by atoms with Gasteiger partial charge in [0.25, 0.3) is 5.91 Å². The number of nitrogens with two attached hydrogens (primary N) is 2. The second-order valence-electron chi connectivity index (χ2n) is 9.15. The minimum atomic E-state index is -5.10. The Morgan fingerprint density at radius 3 is 1.87 bits per heavy atom. The molecule has 4 N–H and O–H groups in total. The molecule has 7 nitrogen and oxygen atoms in total. The zero-order chi connectivity index (χ0) is 28.3. The third kappa shape index (κ3) is 7.46. The van der Waals surface area contributed by atoms with Crippen LogP contribution in [0.25, 0.3) is 0 Å². The summed E-state index contributed by atoms with van der Waals surface area (Å²) in [5, 5.41) is 0. The van der Waals surface area contributed by atoms with Crippen molar-refractivity contribution >= 4 is 17.7 Å². The summed E-state index contributed by atoms with van der Waals surface area (Å²) in [6, 6.07) is 8.47. The van der Waals surface area contributed by atoms with Crippen LogP contribution in [0.5, 0.6) is 0 Å². The topological polar surface area (TPSA) is 110 Å². The van der Waals surface area contributed by atoms with Gasteiger partial charge >= 0.3 is 12.4 Å². The van der Waals surface area contributed by atoms with Gasteiger partial charge in [-0.15, -0.1) is 0 Å². The van der Waals surface area contributed by atoms with Crippen LogP contribution in [0.15, 0.2) is 48.5 Å². The molecule has 13 heteroatoms. The van der Waals surface area contributed by atoms with Crippen molar-refractivity contribution in [3.8, 4) is 0 Å². The summed E-state index contributed by atoms with van der Waals surface area (Å²) >= 11 is 0. The minimum Gasteiger partial charge on any atom is -0.369 e. The maximum absolute atomic E-state index is 13.4. The molecule has 38 heavy (non-hydrogen) atoms. The molecule has 1 aliphatic heterocycles. The Balaban J connectivity index is 1.98. The fourth-order valence-corrected chi connectivity index (χ4v) is 4.67. The van der Waals surface area contributed by atoms with Crippen molar-refractivity contribution < 1.29 is 40.7 Å². The molecule has 3 amide bonds. The normalized spacial score (nSPS) is 18.4. The van der Waals surface area contributed by atoms with E-state index < -0.39 is 58.8 Å². The highest BCUT2D eigenvalue weighted by Gasteiger charge is 2.40. The first-order valence-electron chi connectivity index (χ1n) is 11.6. The first kappa shape index (κ1) is 29.0. The van der Waals surface area contributed by atoms with Crippen molar-refractivity contribution in [1.29, 1.82) is 0 Å². The first-order valence-corrected chi connectivity index (χ1v) is 11.6. The van der Waals surface area contributed by atoms with E-state index in [-0.39, 0.29) is 45.0 Å². The van der Waals surface area contributed by atoms with Crippen LogP contribution in [0.2, 0.25) is 0 Å². The Kier molecular flexibility index (Phi) is 8.70. The Bertz CT molecular complexity index is 1120. The lowest BCUT2D eigenvalue weighted by atomic mass is 9.90. The van der Waals surface area contributed by atoms with Crippen molar-refractivity contribution in [2.24, 2.45) is 11.5 Å². The lowest BCUT2D eigenvalue weighted by molar-refractivity contribution is -0.143. The molecule has 2 atom stereocenters. The summed E-state index contributed by atoms with van der Waals surface area (Å²) in [7, 11) is 0. The predicted molar refractivity (Wildman–Crippen MR) is 124 cm³/mol. The summed E-state index contributed by atoms with van der Waals surface area (Å²) < 4.78 is 80.3. The van der Waals surface area contributed by atoms with Crippen molar-refractivity contribution in [2.75, 3.05) is 19.6 Å². The molecule has 206 valence electrons. The number of likely N-dealkylation sites (tertiary alicyclic amines) is 1. The molecule has 1 heterocycles. The van der Waals surface area contributed by atoms with Crippen LogP contribution >= 0.6 is 0 Å². The van der Waals surface area contributed by atoms with E-state index in [0.29, 0.717) is 12.1 Å². The number of nitrogens with zero attached hydrogens (tertiary/aromatic N) is 2. The quantitative estimate of drug-likeness (QED) is 0.498. The molecule has 0 radical (unpaired) electrons. The molecule has 3 rings (SSSR count). The molecule has 2 aromatic carbocycles. The van der Waals surface area contributed by atoms with Gasteiger partial charge in [0.05, 0.1) is 24.2 Å². The number of piperidine rings is 1. The number of alkyl halides is 6. The van der Waals surface area contributed by atoms with Crippen molar-refractivity contribution in [3.05, 3.63) is 70.8 Å². The standard InChI is InChI=1S/C25H26F6N4O3/c26-24(27,28)17-9-16(10-18(11-17)25(29,30)31)23(38)35-7-6-19(34(13-21(32)36)14-22(33)37)12-20(35)8-15-4-2-1-3-5-15/h1-5,9-11,19-20H,6-8,12-14H2,(H2,32,36)(H2,33,37)/t19-,20+/m0/s1. The Morgan fingerprint density at radius 2 is 1.39 bits per heavy atom. The van der Waals surface area contributed by atoms with Gasteiger partial charge in [0, 0.05) is 24.2 Å². The first-order chi connectivity index (χ1) is 17.6. The van der Waals surface area contributed by atoms with Gasteiger partial charge in [0.15, 0.2) is 0 Å². The fourth-order valence-electron chi connectivity index (χ4n) is 4.67. The van der Waals surface area contributed by atoms with Gasteiger partial charge in [-0.3, -0.25) is 19.3 Å². The Morgan fingerprint density at radius 1 is 0.868 bits per heavy atom. The molecular formula is C25H26F6N4O3. The number of hydrogen-bond acceptors (Lipinski definition) is 4. The van der Waals surface area contributed by atoms with E-state index in [1.807, 2.05) is 0 Å². The SMILES string of the molecule is NC(=O)CN(CC(N)=O)[C@H]1CCN(C(=O)c2cc(C(F)(F)F)cc(C(F)(F)F)c2)[C@H](Cc2ccccc2)C1. The molecule has 2 aromatic rings. The van der Waals surface area contributed by atoms with E-state index in [9.17, 15) is 40.7 Å². The smallest absolute Gasteiger partial charge is 0.369 e. The summed E-state index contributed by atoms with van der Waals surface area (Å²) in [5.74, 6) is -2.42. The highest BCUT2D eigenvalue weighted by molar-refractivity contribution is 5.95. The van der Waals surface area contributed by atoms with Gasteiger partial charge in [-0.1, -0.05) is 30.3 Å². The number of rotatable bonds is 8. The zero-order valence-corrected chi connectivity index (χ0v) is 20.1. The van der Waals surface area contributed by atoms with Gasteiger partial charge in [-0.05, 0) is 43.0 Å². The van der Waals surface area contributed by atoms with E-state index in [0.717, 1.165) is 5.56 Å².